The van der Waals surface area contributed by atoms with Crippen LogP contribution in [0.2, 0.25) is 5.02 Å². The van der Waals surface area contributed by atoms with Crippen LogP contribution in [-0.4, -0.2) is 48.5 Å². The fraction of sp³-hybridized carbons (Fsp3) is 0.348. The van der Waals surface area contributed by atoms with E-state index in [2.05, 4.69) is 10.4 Å². The maximum Gasteiger partial charge on any atom is 0.417 e. The molecule has 0 saturated heterocycles. The molecule has 1 unspecified atom stereocenters. The molecular formula is C23H23ClF3N3O3S. The third-order valence-electron chi connectivity index (χ3n) is 5.24. The van der Waals surface area contributed by atoms with Crippen molar-refractivity contribution in [1.29, 1.82) is 0 Å². The summed E-state index contributed by atoms with van der Waals surface area (Å²) in [5.41, 5.74) is -1.27. The Labute approximate surface area is 204 Å². The Morgan fingerprint density at radius 3 is 2.47 bits per heavy atom. The number of esters is 1. The molecule has 1 atom stereocenters. The van der Waals surface area contributed by atoms with Crippen molar-refractivity contribution >= 4 is 46.6 Å². The van der Waals surface area contributed by atoms with E-state index in [1.165, 1.54) is 11.1 Å². The van der Waals surface area contributed by atoms with E-state index in [4.69, 9.17) is 16.3 Å². The maximum atomic E-state index is 13.1. The Morgan fingerprint density at radius 1 is 1.24 bits per heavy atom. The molecule has 0 aliphatic carbocycles. The molecule has 1 amide bonds. The molecule has 0 fully saturated rings. The highest BCUT2D eigenvalue weighted by molar-refractivity contribution is 7.98. The molecule has 0 bridgehead atoms. The fourth-order valence-corrected chi connectivity index (χ4v) is 4.28. The van der Waals surface area contributed by atoms with Crippen LogP contribution in [0.5, 0.6) is 0 Å². The second kappa shape index (κ2) is 10.3. The predicted octanol–water partition coefficient (Wildman–Crippen LogP) is 5.31. The lowest BCUT2D eigenvalue weighted by Crippen LogP contribution is -2.41. The monoisotopic (exact) mass is 513 g/mol. The molecule has 11 heteroatoms. The van der Waals surface area contributed by atoms with Crippen molar-refractivity contribution in [1.82, 2.24) is 5.01 Å². The summed E-state index contributed by atoms with van der Waals surface area (Å²) in [4.78, 5) is 26.4. The number of amides is 1. The zero-order valence-electron chi connectivity index (χ0n) is 18.7. The van der Waals surface area contributed by atoms with Crippen molar-refractivity contribution < 1.29 is 27.5 Å². The van der Waals surface area contributed by atoms with E-state index in [1.54, 1.807) is 37.7 Å². The standard InChI is InChI=1S/C23H23ClF3N3O3S/c1-4-33-21(32)22(2)13-30(12-19(31)28-15-6-8-16(34-3)9-7-15)29-20(22)14-5-10-17(18(24)11-14)23(25,26)27/h5-11H,4,12-13H2,1-3H3,(H,28,31). The number of hydrogen-bond donors (Lipinski definition) is 1. The molecule has 182 valence electrons. The summed E-state index contributed by atoms with van der Waals surface area (Å²) in [6, 6.07) is 10.5. The number of hydrogen-bond acceptors (Lipinski definition) is 6. The van der Waals surface area contributed by atoms with E-state index in [-0.39, 0.29) is 36.9 Å². The summed E-state index contributed by atoms with van der Waals surface area (Å²) in [6.45, 7) is 3.18. The van der Waals surface area contributed by atoms with Gasteiger partial charge in [-0.3, -0.25) is 14.6 Å². The highest BCUT2D eigenvalue weighted by Gasteiger charge is 2.47. The Hall–Kier alpha value is -2.72. The summed E-state index contributed by atoms with van der Waals surface area (Å²) in [6.07, 6.45) is -2.67. The van der Waals surface area contributed by atoms with Gasteiger partial charge in [0.15, 0.2) is 0 Å². The topological polar surface area (TPSA) is 71.0 Å². The molecule has 3 rings (SSSR count). The number of hydrazone groups is 1. The van der Waals surface area contributed by atoms with Crippen LogP contribution < -0.4 is 5.32 Å². The van der Waals surface area contributed by atoms with Crippen LogP contribution in [-0.2, 0) is 20.5 Å². The lowest BCUT2D eigenvalue weighted by atomic mass is 9.82. The van der Waals surface area contributed by atoms with Crippen molar-refractivity contribution in [2.45, 2.75) is 24.9 Å². The number of benzene rings is 2. The van der Waals surface area contributed by atoms with Gasteiger partial charge < -0.3 is 10.1 Å². The molecule has 1 aliphatic heterocycles. The molecule has 0 aromatic heterocycles. The fourth-order valence-electron chi connectivity index (χ4n) is 3.58. The van der Waals surface area contributed by atoms with Crippen molar-refractivity contribution in [2.24, 2.45) is 10.5 Å². The van der Waals surface area contributed by atoms with Crippen molar-refractivity contribution in [3.8, 4) is 0 Å². The first-order chi connectivity index (χ1) is 16.0. The van der Waals surface area contributed by atoms with Gasteiger partial charge in [-0.15, -0.1) is 11.8 Å². The van der Waals surface area contributed by atoms with E-state index in [0.29, 0.717) is 5.69 Å². The van der Waals surface area contributed by atoms with Crippen LogP contribution >= 0.6 is 23.4 Å². The molecular weight excluding hydrogens is 491 g/mol. The van der Waals surface area contributed by atoms with Gasteiger partial charge in [0, 0.05) is 16.1 Å². The largest absolute Gasteiger partial charge is 0.465 e. The average molecular weight is 514 g/mol. The number of carbonyl (C=O) groups is 2. The van der Waals surface area contributed by atoms with Gasteiger partial charge in [0.25, 0.3) is 0 Å². The first-order valence-corrected chi connectivity index (χ1v) is 11.9. The number of rotatable bonds is 7. The number of thioether (sulfide) groups is 1. The van der Waals surface area contributed by atoms with Crippen LogP contribution in [0.15, 0.2) is 52.5 Å². The van der Waals surface area contributed by atoms with Crippen molar-refractivity contribution in [3.63, 3.8) is 0 Å². The number of ether oxygens (including phenoxy) is 1. The zero-order valence-corrected chi connectivity index (χ0v) is 20.3. The number of halogens is 4. The van der Waals surface area contributed by atoms with Gasteiger partial charge in [-0.1, -0.05) is 17.7 Å². The van der Waals surface area contributed by atoms with Gasteiger partial charge in [0.1, 0.15) is 12.0 Å². The molecule has 2 aromatic carbocycles. The van der Waals surface area contributed by atoms with Crippen LogP contribution in [0, 0.1) is 5.41 Å². The minimum Gasteiger partial charge on any atom is -0.465 e. The van der Waals surface area contributed by atoms with E-state index in [9.17, 15) is 22.8 Å². The molecule has 0 radical (unpaired) electrons. The van der Waals surface area contributed by atoms with Gasteiger partial charge in [-0.25, -0.2) is 0 Å². The highest BCUT2D eigenvalue weighted by atomic mass is 35.5. The second-order valence-electron chi connectivity index (χ2n) is 7.79. The summed E-state index contributed by atoms with van der Waals surface area (Å²) in [7, 11) is 0. The molecule has 1 heterocycles. The minimum atomic E-state index is -4.62. The minimum absolute atomic E-state index is 0.0125. The second-order valence-corrected chi connectivity index (χ2v) is 9.08. The van der Waals surface area contributed by atoms with Crippen LogP contribution in [0.4, 0.5) is 18.9 Å². The third-order valence-corrected chi connectivity index (χ3v) is 6.29. The Morgan fingerprint density at radius 2 is 1.91 bits per heavy atom. The van der Waals surface area contributed by atoms with E-state index in [1.807, 2.05) is 18.4 Å². The number of nitrogens with zero attached hydrogens (tertiary/aromatic N) is 2. The Kier molecular flexibility index (Phi) is 7.82. The van der Waals surface area contributed by atoms with E-state index < -0.39 is 28.1 Å². The highest BCUT2D eigenvalue weighted by Crippen LogP contribution is 2.38. The summed E-state index contributed by atoms with van der Waals surface area (Å²) >= 11 is 7.46. The van der Waals surface area contributed by atoms with E-state index in [0.717, 1.165) is 17.0 Å². The molecule has 6 nitrogen and oxygen atoms in total. The zero-order chi connectivity index (χ0) is 25.1. The van der Waals surface area contributed by atoms with Crippen molar-refractivity contribution in [2.75, 3.05) is 31.3 Å². The van der Waals surface area contributed by atoms with Gasteiger partial charge in [-0.05, 0) is 56.5 Å². The lowest BCUT2D eigenvalue weighted by molar-refractivity contribution is -0.150. The Bertz CT molecular complexity index is 1110. The van der Waals surface area contributed by atoms with Gasteiger partial charge in [0.2, 0.25) is 5.91 Å². The van der Waals surface area contributed by atoms with Gasteiger partial charge >= 0.3 is 12.1 Å². The average Bonchev–Trinajstić information content (AvgIpc) is 3.10. The lowest BCUT2D eigenvalue weighted by Gasteiger charge is -2.24. The molecule has 0 spiro atoms. The molecule has 2 aromatic rings. The quantitative estimate of drug-likeness (QED) is 0.401. The van der Waals surface area contributed by atoms with Crippen LogP contribution in [0.1, 0.15) is 25.0 Å². The number of alkyl halides is 3. The smallest absolute Gasteiger partial charge is 0.417 e. The van der Waals surface area contributed by atoms with Gasteiger partial charge in [0.05, 0.1) is 29.4 Å². The molecule has 0 saturated carbocycles. The maximum absolute atomic E-state index is 13.1. The SMILES string of the molecule is CCOC(=O)C1(C)CN(CC(=O)Nc2ccc(SC)cc2)N=C1c1ccc(C(F)(F)F)c(Cl)c1. The number of anilines is 1. The molecule has 1 N–H and O–H groups in total. The van der Waals surface area contributed by atoms with Crippen LogP contribution in [0.3, 0.4) is 0 Å². The molecule has 1 aliphatic rings. The van der Waals surface area contributed by atoms with Gasteiger partial charge in [-0.2, -0.15) is 18.3 Å². The van der Waals surface area contributed by atoms with Crippen LogP contribution in [0.25, 0.3) is 0 Å². The van der Waals surface area contributed by atoms with E-state index >= 15 is 0 Å². The summed E-state index contributed by atoms with van der Waals surface area (Å²) < 4.78 is 44.6. The Balaban J connectivity index is 1.86. The molecule has 34 heavy (non-hydrogen) atoms. The van der Waals surface area contributed by atoms with Crippen molar-refractivity contribution in [3.05, 3.63) is 58.6 Å². The first-order valence-electron chi connectivity index (χ1n) is 10.3. The third kappa shape index (κ3) is 5.67. The number of nitrogens with one attached hydrogen (secondary N) is 1. The predicted molar refractivity (Wildman–Crippen MR) is 126 cm³/mol. The number of carbonyl (C=O) groups excluding carboxylic acids is 2. The first kappa shape index (κ1) is 25.9. The normalized spacial score (nSPS) is 18.0. The summed E-state index contributed by atoms with van der Waals surface area (Å²) in [5, 5.41) is 8.05. The summed E-state index contributed by atoms with van der Waals surface area (Å²) in [5.74, 6) is -0.959.